The molecule has 1 saturated carbocycles. The van der Waals surface area contributed by atoms with E-state index in [-0.39, 0.29) is 11.8 Å². The van der Waals surface area contributed by atoms with Gasteiger partial charge in [0.2, 0.25) is 5.91 Å². The molecule has 1 atom stereocenters. The molecule has 5 heteroatoms. The minimum absolute atomic E-state index is 0.135. The molecular formula is C16H20N2O3. The molecule has 112 valence electrons. The summed E-state index contributed by atoms with van der Waals surface area (Å²) < 4.78 is 0. The summed E-state index contributed by atoms with van der Waals surface area (Å²) in [5.74, 6) is -0.0326. The molecule has 1 aromatic carbocycles. The van der Waals surface area contributed by atoms with E-state index in [1.54, 1.807) is 36.1 Å². The Morgan fingerprint density at radius 3 is 2.48 bits per heavy atom. The molecule has 0 spiro atoms. The number of carbonyl (C=O) groups is 2. The number of nitrogens with one attached hydrogen (secondary N) is 1. The summed E-state index contributed by atoms with van der Waals surface area (Å²) in [7, 11) is 0. The number of carbonyl (C=O) groups excluding carboxylic acids is 2. The highest BCUT2D eigenvalue weighted by molar-refractivity contribution is 5.97. The molecule has 1 saturated heterocycles. The van der Waals surface area contributed by atoms with Crippen LogP contribution in [0.4, 0.5) is 0 Å². The van der Waals surface area contributed by atoms with Crippen LogP contribution in [0.25, 0.3) is 0 Å². The SMILES string of the molecule is CC(NC(=O)c1ccccc1)C(=O)N1CC(O)(C2CC2)C1. The third kappa shape index (κ3) is 2.78. The van der Waals surface area contributed by atoms with Gasteiger partial charge in [0.1, 0.15) is 11.6 Å². The van der Waals surface area contributed by atoms with E-state index in [1.807, 2.05) is 6.07 Å². The smallest absolute Gasteiger partial charge is 0.251 e. The Balaban J connectivity index is 1.53. The Labute approximate surface area is 123 Å². The summed E-state index contributed by atoms with van der Waals surface area (Å²) >= 11 is 0. The van der Waals surface area contributed by atoms with Gasteiger partial charge < -0.3 is 15.3 Å². The van der Waals surface area contributed by atoms with Gasteiger partial charge in [-0.15, -0.1) is 0 Å². The number of hydrogen-bond donors (Lipinski definition) is 2. The molecule has 5 nitrogen and oxygen atoms in total. The van der Waals surface area contributed by atoms with Crippen molar-refractivity contribution < 1.29 is 14.7 Å². The molecular weight excluding hydrogens is 268 g/mol. The zero-order chi connectivity index (χ0) is 15.0. The first kappa shape index (κ1) is 14.1. The highest BCUT2D eigenvalue weighted by atomic mass is 16.3. The van der Waals surface area contributed by atoms with Gasteiger partial charge in [0, 0.05) is 5.56 Å². The van der Waals surface area contributed by atoms with Gasteiger partial charge in [0.25, 0.3) is 5.91 Å². The fourth-order valence-electron chi connectivity index (χ4n) is 2.85. The van der Waals surface area contributed by atoms with Gasteiger partial charge in [-0.25, -0.2) is 0 Å². The van der Waals surface area contributed by atoms with Gasteiger partial charge in [-0.1, -0.05) is 18.2 Å². The molecule has 0 bridgehead atoms. The monoisotopic (exact) mass is 288 g/mol. The van der Waals surface area contributed by atoms with Gasteiger partial charge in [0.05, 0.1) is 13.1 Å². The Kier molecular flexibility index (Phi) is 3.45. The van der Waals surface area contributed by atoms with Crippen LogP contribution >= 0.6 is 0 Å². The van der Waals surface area contributed by atoms with Gasteiger partial charge in [0.15, 0.2) is 0 Å². The number of aliphatic hydroxyl groups is 1. The van der Waals surface area contributed by atoms with Gasteiger partial charge in [-0.05, 0) is 37.8 Å². The first-order valence-corrected chi connectivity index (χ1v) is 7.37. The first-order chi connectivity index (χ1) is 9.99. The topological polar surface area (TPSA) is 69.6 Å². The molecule has 2 N–H and O–H groups in total. The van der Waals surface area contributed by atoms with Crippen LogP contribution in [0.3, 0.4) is 0 Å². The van der Waals surface area contributed by atoms with Crippen LogP contribution in [0.5, 0.6) is 0 Å². The van der Waals surface area contributed by atoms with E-state index in [0.717, 1.165) is 12.8 Å². The quantitative estimate of drug-likeness (QED) is 0.860. The fourth-order valence-corrected chi connectivity index (χ4v) is 2.85. The molecule has 2 amide bonds. The van der Waals surface area contributed by atoms with Crippen molar-refractivity contribution in [1.29, 1.82) is 0 Å². The van der Waals surface area contributed by atoms with E-state index in [4.69, 9.17) is 0 Å². The lowest BCUT2D eigenvalue weighted by molar-refractivity contribution is -0.160. The predicted molar refractivity (Wildman–Crippen MR) is 77.6 cm³/mol. The Morgan fingerprint density at radius 1 is 1.29 bits per heavy atom. The van der Waals surface area contributed by atoms with Crippen LogP contribution in [0.15, 0.2) is 30.3 Å². The average Bonchev–Trinajstić information content (AvgIpc) is 3.29. The number of amides is 2. The zero-order valence-corrected chi connectivity index (χ0v) is 12.1. The molecule has 2 fully saturated rings. The normalized spacial score (nSPS) is 21.3. The van der Waals surface area contributed by atoms with E-state index < -0.39 is 11.6 Å². The third-order valence-corrected chi connectivity index (χ3v) is 4.33. The van der Waals surface area contributed by atoms with Crippen molar-refractivity contribution in [3.05, 3.63) is 35.9 Å². The molecule has 1 aliphatic heterocycles. The lowest BCUT2D eigenvalue weighted by atomic mass is 9.88. The minimum atomic E-state index is -0.682. The van der Waals surface area contributed by atoms with Gasteiger partial charge >= 0.3 is 0 Å². The van der Waals surface area contributed by atoms with Crippen LogP contribution in [-0.2, 0) is 4.79 Å². The molecule has 3 rings (SSSR count). The third-order valence-electron chi connectivity index (χ3n) is 4.33. The van der Waals surface area contributed by atoms with Crippen molar-refractivity contribution in [3.63, 3.8) is 0 Å². The number of rotatable bonds is 4. The molecule has 1 heterocycles. The second-order valence-electron chi connectivity index (χ2n) is 6.13. The second kappa shape index (κ2) is 5.15. The number of β-amino-alcohol motifs (C(OH)–C–C–N with tert-alkyl or cyclic N) is 1. The van der Waals surface area contributed by atoms with E-state index in [9.17, 15) is 14.7 Å². The average molecular weight is 288 g/mol. The summed E-state index contributed by atoms with van der Waals surface area (Å²) in [4.78, 5) is 25.8. The van der Waals surface area contributed by atoms with E-state index >= 15 is 0 Å². The highest BCUT2D eigenvalue weighted by Gasteiger charge is 2.53. The summed E-state index contributed by atoms with van der Waals surface area (Å²) in [5, 5.41) is 12.9. The maximum absolute atomic E-state index is 12.2. The van der Waals surface area contributed by atoms with Crippen molar-refractivity contribution in [2.24, 2.45) is 5.92 Å². The maximum atomic E-state index is 12.2. The lowest BCUT2D eigenvalue weighted by Gasteiger charge is -2.47. The van der Waals surface area contributed by atoms with Crippen molar-refractivity contribution in [3.8, 4) is 0 Å². The Bertz CT molecular complexity index is 548. The molecule has 1 aromatic rings. The largest absolute Gasteiger partial charge is 0.386 e. The molecule has 2 aliphatic rings. The second-order valence-corrected chi connectivity index (χ2v) is 6.13. The van der Waals surface area contributed by atoms with Gasteiger partial charge in [-0.2, -0.15) is 0 Å². The molecule has 1 unspecified atom stereocenters. The summed E-state index contributed by atoms with van der Waals surface area (Å²) in [6, 6.07) is 8.24. The van der Waals surface area contributed by atoms with Crippen LogP contribution in [-0.4, -0.2) is 46.6 Å². The molecule has 0 aromatic heterocycles. The zero-order valence-electron chi connectivity index (χ0n) is 12.1. The number of hydrogen-bond acceptors (Lipinski definition) is 3. The van der Waals surface area contributed by atoms with Crippen molar-refractivity contribution in [1.82, 2.24) is 10.2 Å². The van der Waals surface area contributed by atoms with Crippen molar-refractivity contribution in [2.45, 2.75) is 31.4 Å². The standard InChI is InChI=1S/C16H20N2O3/c1-11(17-14(19)12-5-3-2-4-6-12)15(20)18-9-16(21,10-18)13-7-8-13/h2-6,11,13,21H,7-10H2,1H3,(H,17,19). The van der Waals surface area contributed by atoms with Gasteiger partial charge in [-0.3, -0.25) is 9.59 Å². The van der Waals surface area contributed by atoms with Crippen LogP contribution in [0.2, 0.25) is 0 Å². The fraction of sp³-hybridized carbons (Fsp3) is 0.500. The molecule has 0 radical (unpaired) electrons. The number of likely N-dealkylation sites (tertiary alicyclic amines) is 1. The maximum Gasteiger partial charge on any atom is 0.251 e. The van der Waals surface area contributed by atoms with Crippen LogP contribution < -0.4 is 5.32 Å². The molecule has 1 aliphatic carbocycles. The van der Waals surface area contributed by atoms with Crippen molar-refractivity contribution in [2.75, 3.05) is 13.1 Å². The van der Waals surface area contributed by atoms with E-state index in [0.29, 0.717) is 24.6 Å². The summed E-state index contributed by atoms with van der Waals surface area (Å²) in [5.41, 5.74) is -0.144. The Hall–Kier alpha value is -1.88. The minimum Gasteiger partial charge on any atom is -0.386 e. The summed E-state index contributed by atoms with van der Waals surface area (Å²) in [6.45, 7) is 2.46. The molecule has 21 heavy (non-hydrogen) atoms. The lowest BCUT2D eigenvalue weighted by Crippen LogP contribution is -2.67. The summed E-state index contributed by atoms with van der Waals surface area (Å²) in [6.07, 6.45) is 2.11. The van der Waals surface area contributed by atoms with Crippen LogP contribution in [0.1, 0.15) is 30.1 Å². The Morgan fingerprint density at radius 2 is 1.90 bits per heavy atom. The van der Waals surface area contributed by atoms with Crippen molar-refractivity contribution >= 4 is 11.8 Å². The van der Waals surface area contributed by atoms with E-state index in [1.165, 1.54) is 0 Å². The highest BCUT2D eigenvalue weighted by Crippen LogP contribution is 2.44. The predicted octanol–water partition coefficient (Wildman–Crippen LogP) is 0.788. The first-order valence-electron chi connectivity index (χ1n) is 7.37. The number of benzene rings is 1. The van der Waals surface area contributed by atoms with Crippen LogP contribution in [0, 0.1) is 5.92 Å². The number of nitrogens with zero attached hydrogens (tertiary/aromatic N) is 1. The van der Waals surface area contributed by atoms with E-state index in [2.05, 4.69) is 5.32 Å².